The first-order chi connectivity index (χ1) is 20.3. The van der Waals surface area contributed by atoms with Gasteiger partial charge in [0.2, 0.25) is 0 Å². The van der Waals surface area contributed by atoms with E-state index in [0.717, 1.165) is 4.68 Å². The van der Waals surface area contributed by atoms with Crippen LogP contribution in [-0.4, -0.2) is 57.6 Å². The number of aromatic amines is 1. The van der Waals surface area contributed by atoms with Gasteiger partial charge in [-0.15, -0.1) is 0 Å². The molecule has 0 unspecified atom stereocenters. The highest BCUT2D eigenvalue weighted by atomic mass is 16.7. The second kappa shape index (κ2) is 12.4. The van der Waals surface area contributed by atoms with E-state index in [-0.39, 0.29) is 22.4 Å². The molecule has 0 spiro atoms. The lowest BCUT2D eigenvalue weighted by Crippen LogP contribution is -2.44. The van der Waals surface area contributed by atoms with Crippen molar-refractivity contribution in [1.29, 1.82) is 0 Å². The zero-order valence-corrected chi connectivity index (χ0v) is 22.2. The number of H-pyrrole nitrogens is 1. The second-order valence-electron chi connectivity index (χ2n) is 9.29. The van der Waals surface area contributed by atoms with Crippen LogP contribution in [0.15, 0.2) is 101 Å². The first-order valence-electron chi connectivity index (χ1n) is 12.9. The molecule has 0 bridgehead atoms. The summed E-state index contributed by atoms with van der Waals surface area (Å²) in [7, 11) is 0. The fraction of sp³-hybridized carbons (Fsp3) is 0.200. The summed E-state index contributed by atoms with van der Waals surface area (Å²) in [5.74, 6) is -2.25. The minimum atomic E-state index is -1.46. The molecular formula is C30H25N3O9. The summed E-state index contributed by atoms with van der Waals surface area (Å²) >= 11 is 0. The van der Waals surface area contributed by atoms with Gasteiger partial charge >= 0.3 is 23.6 Å². The largest absolute Gasteiger partial charge is 0.459 e. The van der Waals surface area contributed by atoms with Crippen LogP contribution in [0, 0.1) is 6.92 Å². The van der Waals surface area contributed by atoms with E-state index in [1.54, 1.807) is 66.7 Å². The van der Waals surface area contributed by atoms with E-state index >= 15 is 0 Å². The Morgan fingerprint density at radius 3 is 1.76 bits per heavy atom. The first-order valence-corrected chi connectivity index (χ1v) is 12.9. The van der Waals surface area contributed by atoms with Crippen molar-refractivity contribution in [3.63, 3.8) is 0 Å². The highest BCUT2D eigenvalue weighted by Crippen LogP contribution is 2.34. The molecule has 214 valence electrons. The molecule has 2 heterocycles. The molecule has 0 amide bonds. The molecule has 0 radical (unpaired) electrons. The lowest BCUT2D eigenvalue weighted by Gasteiger charge is -2.24. The van der Waals surface area contributed by atoms with E-state index in [9.17, 15) is 24.0 Å². The summed E-state index contributed by atoms with van der Waals surface area (Å²) < 4.78 is 23.9. The van der Waals surface area contributed by atoms with Gasteiger partial charge in [0.1, 0.15) is 18.4 Å². The van der Waals surface area contributed by atoms with Crippen molar-refractivity contribution in [3.8, 4) is 0 Å². The highest BCUT2D eigenvalue weighted by molar-refractivity contribution is 5.91. The van der Waals surface area contributed by atoms with Gasteiger partial charge < -0.3 is 18.9 Å². The van der Waals surface area contributed by atoms with Gasteiger partial charge in [0.15, 0.2) is 18.4 Å². The average Bonchev–Trinajstić information content (AvgIpc) is 3.34. The molecule has 0 aliphatic carbocycles. The van der Waals surface area contributed by atoms with Crippen molar-refractivity contribution in [1.82, 2.24) is 14.8 Å². The molecule has 12 nitrogen and oxygen atoms in total. The molecule has 4 aromatic rings. The Kier molecular flexibility index (Phi) is 8.34. The van der Waals surface area contributed by atoms with Crippen molar-refractivity contribution >= 4 is 17.9 Å². The van der Waals surface area contributed by atoms with E-state index in [1.165, 1.54) is 31.2 Å². The standard InChI is InChI=1S/C30H25N3O9/c1-18-25(34)31-30(38)33(32-18)26-24(42-29(37)21-15-9-4-10-16-21)23(41-28(36)20-13-7-3-8-14-20)22(40-26)17-39-27(35)19-11-5-2-6-12-19/h2-16,22-24,26H,17H2,1H3,(H,31,34,38)/t22-,23-,24-,26-/m1/s1. The summed E-state index contributed by atoms with van der Waals surface area (Å²) in [4.78, 5) is 66.0. The van der Waals surface area contributed by atoms with Gasteiger partial charge in [-0.05, 0) is 43.3 Å². The predicted octanol–water partition coefficient (Wildman–Crippen LogP) is 2.45. The Morgan fingerprint density at radius 1 is 0.762 bits per heavy atom. The molecule has 1 saturated heterocycles. The predicted molar refractivity (Wildman–Crippen MR) is 146 cm³/mol. The number of ether oxygens (including phenoxy) is 4. The third kappa shape index (κ3) is 6.18. The van der Waals surface area contributed by atoms with E-state index in [0.29, 0.717) is 0 Å². The third-order valence-corrected chi connectivity index (χ3v) is 6.43. The maximum Gasteiger partial charge on any atom is 0.347 e. The summed E-state index contributed by atoms with van der Waals surface area (Å²) in [6.45, 7) is 0.939. The number of hydrogen-bond donors (Lipinski definition) is 1. The molecule has 3 aromatic carbocycles. The van der Waals surface area contributed by atoms with E-state index < -0.39 is 60.3 Å². The first kappa shape index (κ1) is 28.2. The van der Waals surface area contributed by atoms with E-state index in [2.05, 4.69) is 10.1 Å². The van der Waals surface area contributed by atoms with Gasteiger partial charge in [-0.3, -0.25) is 9.78 Å². The molecule has 42 heavy (non-hydrogen) atoms. The molecule has 1 N–H and O–H groups in total. The molecular weight excluding hydrogens is 546 g/mol. The average molecular weight is 572 g/mol. The van der Waals surface area contributed by atoms with Crippen LogP contribution in [0.2, 0.25) is 0 Å². The molecule has 4 atom stereocenters. The number of esters is 3. The van der Waals surface area contributed by atoms with Crippen molar-refractivity contribution in [2.24, 2.45) is 0 Å². The van der Waals surface area contributed by atoms with Crippen LogP contribution in [0.5, 0.6) is 0 Å². The van der Waals surface area contributed by atoms with Crippen molar-refractivity contribution < 1.29 is 33.3 Å². The quantitative estimate of drug-likeness (QED) is 0.246. The van der Waals surface area contributed by atoms with E-state index in [1.807, 2.05) is 0 Å². The van der Waals surface area contributed by atoms with Crippen molar-refractivity contribution in [3.05, 3.63) is 134 Å². The number of nitrogens with one attached hydrogen (secondary N) is 1. The normalized spacial score (nSPS) is 19.5. The Morgan fingerprint density at radius 2 is 1.24 bits per heavy atom. The maximum absolute atomic E-state index is 13.2. The van der Waals surface area contributed by atoms with Crippen LogP contribution < -0.4 is 11.2 Å². The summed E-state index contributed by atoms with van der Waals surface area (Å²) in [6, 6.07) is 24.3. The van der Waals surface area contributed by atoms with Gasteiger partial charge in [-0.1, -0.05) is 54.6 Å². The zero-order valence-electron chi connectivity index (χ0n) is 22.2. The van der Waals surface area contributed by atoms with Gasteiger partial charge in [-0.25, -0.2) is 19.2 Å². The van der Waals surface area contributed by atoms with Gasteiger partial charge in [0.25, 0.3) is 5.56 Å². The minimum absolute atomic E-state index is 0.0666. The van der Waals surface area contributed by atoms with Gasteiger partial charge in [0, 0.05) is 0 Å². The number of carbonyl (C=O) groups is 3. The molecule has 12 heteroatoms. The third-order valence-electron chi connectivity index (χ3n) is 6.43. The molecule has 1 aromatic heterocycles. The molecule has 1 aliphatic heterocycles. The van der Waals surface area contributed by atoms with Crippen LogP contribution in [-0.2, 0) is 18.9 Å². The molecule has 5 rings (SSSR count). The Hall–Kier alpha value is -5.36. The molecule has 1 aliphatic rings. The van der Waals surface area contributed by atoms with Crippen LogP contribution in [0.4, 0.5) is 0 Å². The van der Waals surface area contributed by atoms with Gasteiger partial charge in [-0.2, -0.15) is 9.78 Å². The van der Waals surface area contributed by atoms with Crippen LogP contribution in [0.3, 0.4) is 0 Å². The SMILES string of the molecule is Cc1nn([C@@H]2O[C@H](COC(=O)c3ccccc3)[C@@H](OC(=O)c3ccccc3)[C@H]2OC(=O)c2ccccc2)c(=O)[nH]c1=O. The number of benzene rings is 3. The Labute approximate surface area is 238 Å². The Bertz CT molecular complexity index is 1690. The fourth-order valence-corrected chi connectivity index (χ4v) is 4.32. The topological polar surface area (TPSA) is 156 Å². The van der Waals surface area contributed by atoms with Crippen LogP contribution >= 0.6 is 0 Å². The summed E-state index contributed by atoms with van der Waals surface area (Å²) in [6.07, 6.45) is -5.47. The fourth-order valence-electron chi connectivity index (χ4n) is 4.32. The monoisotopic (exact) mass is 571 g/mol. The smallest absolute Gasteiger partial charge is 0.347 e. The minimum Gasteiger partial charge on any atom is -0.459 e. The number of aryl methyl sites for hydroxylation is 1. The van der Waals surface area contributed by atoms with Gasteiger partial charge in [0.05, 0.1) is 16.7 Å². The number of nitrogens with zero attached hydrogens (tertiary/aromatic N) is 2. The number of aromatic nitrogens is 3. The zero-order chi connectivity index (χ0) is 29.6. The number of rotatable bonds is 8. The van der Waals surface area contributed by atoms with Crippen LogP contribution in [0.1, 0.15) is 43.0 Å². The van der Waals surface area contributed by atoms with Crippen molar-refractivity contribution in [2.75, 3.05) is 6.61 Å². The summed E-state index contributed by atoms with van der Waals surface area (Å²) in [5.41, 5.74) is -1.08. The summed E-state index contributed by atoms with van der Waals surface area (Å²) in [5, 5.41) is 4.03. The number of hydrogen-bond acceptors (Lipinski definition) is 10. The molecule has 1 fully saturated rings. The lowest BCUT2D eigenvalue weighted by molar-refractivity contribution is -0.0701. The molecule has 0 saturated carbocycles. The maximum atomic E-state index is 13.2. The lowest BCUT2D eigenvalue weighted by atomic mass is 10.1. The van der Waals surface area contributed by atoms with Crippen molar-refractivity contribution in [2.45, 2.75) is 31.5 Å². The van der Waals surface area contributed by atoms with Crippen LogP contribution in [0.25, 0.3) is 0 Å². The number of carbonyl (C=O) groups excluding carboxylic acids is 3. The highest BCUT2D eigenvalue weighted by Gasteiger charge is 2.52. The second-order valence-corrected chi connectivity index (χ2v) is 9.29. The van der Waals surface area contributed by atoms with E-state index in [4.69, 9.17) is 18.9 Å². The Balaban J connectivity index is 1.52.